The summed E-state index contributed by atoms with van der Waals surface area (Å²) < 4.78 is 1.41. The molecule has 0 bridgehead atoms. The van der Waals surface area contributed by atoms with E-state index in [1.165, 1.54) is 4.57 Å². The molecular weight excluding hydrogens is 292 g/mol. The third kappa shape index (κ3) is 6.12. The molecule has 1 aromatic rings. The van der Waals surface area contributed by atoms with Gasteiger partial charge in [-0.05, 0) is 25.2 Å². The van der Waals surface area contributed by atoms with Crippen molar-refractivity contribution in [3.63, 3.8) is 0 Å². The van der Waals surface area contributed by atoms with Crippen LogP contribution in [0.15, 0.2) is 10.2 Å². The fourth-order valence-electron chi connectivity index (χ4n) is 2.21. The number of rotatable bonds is 8. The summed E-state index contributed by atoms with van der Waals surface area (Å²) in [5, 5.41) is 13.3. The normalized spacial score (nSPS) is 12.4. The van der Waals surface area contributed by atoms with E-state index in [0.29, 0.717) is 12.5 Å². The lowest BCUT2D eigenvalue weighted by atomic mass is 9.94. The predicted molar refractivity (Wildman–Crippen MR) is 81.5 cm³/mol. The van der Waals surface area contributed by atoms with E-state index in [9.17, 15) is 14.4 Å². The molecule has 1 atom stereocenters. The van der Waals surface area contributed by atoms with Gasteiger partial charge in [0, 0.05) is 24.0 Å². The average Bonchev–Trinajstić information content (AvgIpc) is 2.66. The summed E-state index contributed by atoms with van der Waals surface area (Å²) in [6.07, 6.45) is 0.778. The first-order chi connectivity index (χ1) is 9.79. The third-order valence-corrected chi connectivity index (χ3v) is 4.02. The van der Waals surface area contributed by atoms with Crippen molar-refractivity contribution in [2.24, 2.45) is 11.8 Å². The number of aromatic nitrogens is 1. The van der Waals surface area contributed by atoms with E-state index >= 15 is 0 Å². The second-order valence-electron chi connectivity index (χ2n) is 5.63. The topological polar surface area (TPSA) is 88.4 Å². The molecule has 0 aliphatic carbocycles. The fourth-order valence-corrected chi connectivity index (χ4v) is 2.94. The Kier molecular flexibility index (Phi) is 6.61. The highest BCUT2D eigenvalue weighted by Crippen LogP contribution is 2.14. The zero-order valence-electron chi connectivity index (χ0n) is 12.6. The SMILES string of the molecule is Cc1csc(=O)n1CC(=O)NCC(CC(=O)O)CC(C)C. The largest absolute Gasteiger partial charge is 0.481 e. The first-order valence-electron chi connectivity index (χ1n) is 6.93. The van der Waals surface area contributed by atoms with Gasteiger partial charge in [-0.15, -0.1) is 0 Å². The van der Waals surface area contributed by atoms with Crippen molar-refractivity contribution in [1.82, 2.24) is 9.88 Å². The number of hydrogen-bond acceptors (Lipinski definition) is 4. The zero-order valence-corrected chi connectivity index (χ0v) is 13.4. The lowest BCUT2D eigenvalue weighted by molar-refractivity contribution is -0.138. The van der Waals surface area contributed by atoms with E-state index in [1.54, 1.807) is 12.3 Å². The minimum atomic E-state index is -0.861. The predicted octanol–water partition coefficient (Wildman–Crippen LogP) is 1.47. The molecule has 1 heterocycles. The molecule has 118 valence electrons. The second-order valence-corrected chi connectivity index (χ2v) is 6.45. The number of carbonyl (C=O) groups is 2. The van der Waals surface area contributed by atoms with E-state index in [2.05, 4.69) is 5.32 Å². The van der Waals surface area contributed by atoms with Gasteiger partial charge in [0.1, 0.15) is 6.54 Å². The zero-order chi connectivity index (χ0) is 16.0. The van der Waals surface area contributed by atoms with Gasteiger partial charge in [-0.1, -0.05) is 25.2 Å². The standard InChI is InChI=1S/C14H22N2O4S/c1-9(2)4-11(5-13(18)19)6-15-12(17)7-16-10(3)8-21-14(16)20/h8-9,11H,4-7H2,1-3H3,(H,15,17)(H,18,19). The van der Waals surface area contributed by atoms with Crippen LogP contribution < -0.4 is 10.2 Å². The molecule has 7 heteroatoms. The Morgan fingerprint density at radius 2 is 2.10 bits per heavy atom. The van der Waals surface area contributed by atoms with E-state index in [4.69, 9.17) is 5.11 Å². The molecule has 0 saturated heterocycles. The molecule has 2 N–H and O–H groups in total. The van der Waals surface area contributed by atoms with Crippen LogP contribution in [0.25, 0.3) is 0 Å². The maximum Gasteiger partial charge on any atom is 0.307 e. The number of carboxylic acid groups (broad SMARTS) is 1. The van der Waals surface area contributed by atoms with Crippen LogP contribution >= 0.6 is 11.3 Å². The number of aryl methyl sites for hydroxylation is 1. The smallest absolute Gasteiger partial charge is 0.307 e. The molecule has 0 fully saturated rings. The van der Waals surface area contributed by atoms with Crippen LogP contribution in [0.4, 0.5) is 0 Å². The Morgan fingerprint density at radius 1 is 1.43 bits per heavy atom. The molecule has 1 rings (SSSR count). The quantitative estimate of drug-likeness (QED) is 0.760. The molecule has 0 aliphatic rings. The number of aliphatic carboxylic acids is 1. The second kappa shape index (κ2) is 7.97. The van der Waals surface area contributed by atoms with E-state index in [-0.39, 0.29) is 29.7 Å². The van der Waals surface area contributed by atoms with E-state index in [0.717, 1.165) is 23.5 Å². The summed E-state index contributed by atoms with van der Waals surface area (Å²) >= 11 is 1.06. The van der Waals surface area contributed by atoms with Crippen molar-refractivity contribution in [2.75, 3.05) is 6.54 Å². The Labute approximate surface area is 127 Å². The number of amides is 1. The molecule has 1 amide bonds. The van der Waals surface area contributed by atoms with Crippen LogP contribution in [0.1, 0.15) is 32.4 Å². The lowest BCUT2D eigenvalue weighted by Crippen LogP contribution is -2.35. The maximum absolute atomic E-state index is 11.9. The van der Waals surface area contributed by atoms with Gasteiger partial charge in [-0.3, -0.25) is 19.0 Å². The summed E-state index contributed by atoms with van der Waals surface area (Å²) in [5.74, 6) is -0.850. The van der Waals surface area contributed by atoms with Crippen LogP contribution in [-0.4, -0.2) is 28.1 Å². The summed E-state index contributed by atoms with van der Waals surface area (Å²) in [6, 6.07) is 0. The van der Waals surface area contributed by atoms with Crippen LogP contribution in [0, 0.1) is 18.8 Å². The average molecular weight is 314 g/mol. The Morgan fingerprint density at radius 3 is 2.57 bits per heavy atom. The van der Waals surface area contributed by atoms with Crippen molar-refractivity contribution < 1.29 is 14.7 Å². The van der Waals surface area contributed by atoms with Crippen molar-refractivity contribution >= 4 is 23.2 Å². The first-order valence-corrected chi connectivity index (χ1v) is 7.81. The van der Waals surface area contributed by atoms with Gasteiger partial charge in [-0.25, -0.2) is 0 Å². The Balaban J connectivity index is 2.53. The molecule has 0 saturated carbocycles. The monoisotopic (exact) mass is 314 g/mol. The molecule has 1 aromatic heterocycles. The van der Waals surface area contributed by atoms with E-state index in [1.807, 2.05) is 13.8 Å². The third-order valence-electron chi connectivity index (χ3n) is 3.13. The van der Waals surface area contributed by atoms with Crippen molar-refractivity contribution in [3.05, 3.63) is 20.7 Å². The minimum Gasteiger partial charge on any atom is -0.481 e. The lowest BCUT2D eigenvalue weighted by Gasteiger charge is -2.18. The minimum absolute atomic E-state index is 0.0182. The highest BCUT2D eigenvalue weighted by Gasteiger charge is 2.16. The molecule has 0 spiro atoms. The van der Waals surface area contributed by atoms with Crippen molar-refractivity contribution in [1.29, 1.82) is 0 Å². The van der Waals surface area contributed by atoms with Gasteiger partial charge in [0.2, 0.25) is 5.91 Å². The van der Waals surface area contributed by atoms with Gasteiger partial charge in [-0.2, -0.15) is 0 Å². The highest BCUT2D eigenvalue weighted by molar-refractivity contribution is 7.07. The van der Waals surface area contributed by atoms with Crippen LogP contribution in [0.5, 0.6) is 0 Å². The van der Waals surface area contributed by atoms with Crippen molar-refractivity contribution in [3.8, 4) is 0 Å². The van der Waals surface area contributed by atoms with Gasteiger partial charge >= 0.3 is 10.8 Å². The van der Waals surface area contributed by atoms with E-state index < -0.39 is 5.97 Å². The molecule has 0 aromatic carbocycles. The summed E-state index contributed by atoms with van der Waals surface area (Å²) in [7, 11) is 0. The molecule has 21 heavy (non-hydrogen) atoms. The molecular formula is C14H22N2O4S. The van der Waals surface area contributed by atoms with Crippen LogP contribution in [0.3, 0.4) is 0 Å². The molecule has 0 aliphatic heterocycles. The summed E-state index contributed by atoms with van der Waals surface area (Å²) in [5.41, 5.74) is 0.754. The fraction of sp³-hybridized carbons (Fsp3) is 0.643. The number of thiazole rings is 1. The molecule has 0 radical (unpaired) electrons. The Hall–Kier alpha value is -1.63. The van der Waals surface area contributed by atoms with Crippen molar-refractivity contribution in [2.45, 2.75) is 40.2 Å². The van der Waals surface area contributed by atoms with Gasteiger partial charge in [0.15, 0.2) is 0 Å². The number of nitrogens with one attached hydrogen (secondary N) is 1. The maximum atomic E-state index is 11.9. The van der Waals surface area contributed by atoms with Gasteiger partial charge in [0.05, 0.1) is 0 Å². The molecule has 1 unspecified atom stereocenters. The number of hydrogen-bond donors (Lipinski definition) is 2. The van der Waals surface area contributed by atoms with Gasteiger partial charge < -0.3 is 10.4 Å². The molecule has 6 nitrogen and oxygen atoms in total. The Bertz CT molecular complexity index is 547. The summed E-state index contributed by atoms with van der Waals surface area (Å²) in [6.45, 7) is 6.12. The number of carbonyl (C=O) groups excluding carboxylic acids is 1. The van der Waals surface area contributed by atoms with Crippen LogP contribution in [-0.2, 0) is 16.1 Å². The van der Waals surface area contributed by atoms with Crippen LogP contribution in [0.2, 0.25) is 0 Å². The number of carboxylic acids is 1. The van der Waals surface area contributed by atoms with Gasteiger partial charge in [0.25, 0.3) is 0 Å². The first kappa shape index (κ1) is 17.4. The highest BCUT2D eigenvalue weighted by atomic mass is 32.1. The summed E-state index contributed by atoms with van der Waals surface area (Å²) in [4.78, 5) is 34.1. The number of nitrogens with zero attached hydrogens (tertiary/aromatic N) is 1.